The molecule has 0 aliphatic heterocycles. The minimum Gasteiger partial charge on any atom is -0.477 e. The van der Waals surface area contributed by atoms with Crippen molar-refractivity contribution in [1.29, 1.82) is 0 Å². The topological polar surface area (TPSA) is 132 Å². The van der Waals surface area contributed by atoms with E-state index in [4.69, 9.17) is 8.83 Å². The maximum absolute atomic E-state index is 11.5. The van der Waals surface area contributed by atoms with Crippen LogP contribution in [0, 0.1) is 24.0 Å². The molecule has 9 nitrogen and oxygen atoms in total. The normalized spacial score (nSPS) is 11.6. The van der Waals surface area contributed by atoms with E-state index in [1.54, 1.807) is 32.0 Å². The van der Waals surface area contributed by atoms with Crippen molar-refractivity contribution < 1.29 is 23.7 Å². The third-order valence-electron chi connectivity index (χ3n) is 3.51. The molecule has 0 atom stereocenters. The number of non-ortho nitro benzene ring substituents is 1. The van der Waals surface area contributed by atoms with Crippen molar-refractivity contribution in [1.82, 2.24) is 10.2 Å². The van der Waals surface area contributed by atoms with Crippen LogP contribution in [0.5, 0.6) is 0 Å². The number of nitro benzene ring substituents is 1. The third-order valence-corrected chi connectivity index (χ3v) is 4.37. The van der Waals surface area contributed by atoms with Gasteiger partial charge in [0, 0.05) is 30.7 Å². The number of hydrogen-bond acceptors (Lipinski definition) is 8. The van der Waals surface area contributed by atoms with Gasteiger partial charge in [0.05, 0.1) is 4.92 Å². The zero-order valence-corrected chi connectivity index (χ0v) is 15.0. The molecule has 0 amide bonds. The number of aryl methyl sites for hydroxylation is 2. The van der Waals surface area contributed by atoms with Crippen LogP contribution in [0.25, 0.3) is 17.4 Å². The van der Waals surface area contributed by atoms with Crippen LogP contribution in [-0.4, -0.2) is 26.2 Å². The van der Waals surface area contributed by atoms with Crippen LogP contribution < -0.4 is 0 Å². The minimum atomic E-state index is -1.18. The highest BCUT2D eigenvalue weighted by Gasteiger charge is 2.17. The summed E-state index contributed by atoms with van der Waals surface area (Å²) in [5, 5.41) is 27.8. The van der Waals surface area contributed by atoms with E-state index in [1.165, 1.54) is 18.2 Å². The second-order valence-electron chi connectivity index (χ2n) is 5.46. The Morgan fingerprint density at radius 2 is 2.00 bits per heavy atom. The molecule has 0 saturated carbocycles. The maximum atomic E-state index is 11.5. The van der Waals surface area contributed by atoms with Crippen LogP contribution in [-0.2, 0) is 4.79 Å². The Morgan fingerprint density at radius 1 is 1.22 bits per heavy atom. The van der Waals surface area contributed by atoms with Gasteiger partial charge in [0.15, 0.2) is 0 Å². The summed E-state index contributed by atoms with van der Waals surface area (Å²) in [6, 6.07) is 7.65. The highest BCUT2D eigenvalue weighted by Crippen LogP contribution is 2.32. The number of carbonyl (C=O) groups is 1. The van der Waals surface area contributed by atoms with Gasteiger partial charge < -0.3 is 13.9 Å². The van der Waals surface area contributed by atoms with Gasteiger partial charge in [-0.1, -0.05) is 6.07 Å². The van der Waals surface area contributed by atoms with E-state index in [0.29, 0.717) is 17.2 Å². The molecule has 27 heavy (non-hydrogen) atoms. The largest absolute Gasteiger partial charge is 0.477 e. The quantitative estimate of drug-likeness (QED) is 0.287. The number of carboxylic acid groups (broad SMARTS) is 1. The number of carboxylic acids is 1. The molecular formula is C17H13N3O6S. The molecule has 2 heterocycles. The van der Waals surface area contributed by atoms with E-state index < -0.39 is 10.9 Å². The first kappa shape index (κ1) is 18.4. The smallest absolute Gasteiger partial charge is 0.342 e. The number of benzene rings is 1. The highest BCUT2D eigenvalue weighted by molar-refractivity contribution is 8.03. The molecule has 1 aromatic carbocycles. The number of furan rings is 1. The molecule has 0 unspecified atom stereocenters. The Morgan fingerprint density at radius 3 is 2.63 bits per heavy atom. The van der Waals surface area contributed by atoms with Crippen LogP contribution in [0.2, 0.25) is 0 Å². The average molecular weight is 387 g/mol. The van der Waals surface area contributed by atoms with Gasteiger partial charge in [-0.3, -0.25) is 10.1 Å². The number of nitro groups is 1. The predicted molar refractivity (Wildman–Crippen MR) is 96.0 cm³/mol. The molecule has 0 aliphatic carbocycles. The van der Waals surface area contributed by atoms with Gasteiger partial charge in [0.2, 0.25) is 5.89 Å². The summed E-state index contributed by atoms with van der Waals surface area (Å²) in [5.74, 6) is -0.188. The SMILES string of the molecule is Cc1nnc(S/C(=C/c2ccc(-c3cc([N+](=O)[O-])ccc3C)o2)C(=O)O)o1. The zero-order valence-electron chi connectivity index (χ0n) is 14.2. The molecule has 0 radical (unpaired) electrons. The van der Waals surface area contributed by atoms with E-state index in [-0.39, 0.29) is 21.6 Å². The molecule has 0 spiro atoms. The van der Waals surface area contributed by atoms with Crippen molar-refractivity contribution >= 4 is 29.5 Å². The van der Waals surface area contributed by atoms with Crippen molar-refractivity contribution in [3.05, 3.63) is 62.6 Å². The number of hydrogen-bond donors (Lipinski definition) is 1. The lowest BCUT2D eigenvalue weighted by atomic mass is 10.1. The number of thioether (sulfide) groups is 1. The Hall–Kier alpha value is -3.40. The summed E-state index contributed by atoms with van der Waals surface area (Å²) in [6.45, 7) is 3.40. The van der Waals surface area contributed by atoms with Gasteiger partial charge in [-0.05, 0) is 36.4 Å². The van der Waals surface area contributed by atoms with Gasteiger partial charge in [-0.15, -0.1) is 10.2 Å². The Kier molecular flexibility index (Phi) is 5.08. The van der Waals surface area contributed by atoms with Crippen LogP contribution in [0.1, 0.15) is 17.2 Å². The molecule has 0 aliphatic rings. The molecule has 1 N–H and O–H groups in total. The molecule has 2 aromatic heterocycles. The number of aliphatic carboxylic acids is 1. The third kappa shape index (κ3) is 4.23. The molecular weight excluding hydrogens is 374 g/mol. The van der Waals surface area contributed by atoms with Crippen LogP contribution >= 0.6 is 11.8 Å². The molecule has 3 aromatic rings. The maximum Gasteiger partial charge on any atom is 0.342 e. The molecule has 10 heteroatoms. The van der Waals surface area contributed by atoms with E-state index in [0.717, 1.165) is 17.3 Å². The molecule has 0 saturated heterocycles. The number of nitrogens with zero attached hydrogens (tertiary/aromatic N) is 3. The second kappa shape index (κ2) is 7.46. The van der Waals surface area contributed by atoms with Gasteiger partial charge in [-0.2, -0.15) is 0 Å². The lowest BCUT2D eigenvalue weighted by molar-refractivity contribution is -0.384. The molecule has 0 bridgehead atoms. The molecule has 0 fully saturated rings. The summed E-state index contributed by atoms with van der Waals surface area (Å²) < 4.78 is 10.8. The fourth-order valence-electron chi connectivity index (χ4n) is 2.24. The minimum absolute atomic E-state index is 0.0577. The van der Waals surface area contributed by atoms with Gasteiger partial charge in [-0.25, -0.2) is 4.79 Å². The van der Waals surface area contributed by atoms with Gasteiger partial charge in [0.25, 0.3) is 10.9 Å². The predicted octanol–water partition coefficient (Wildman–Crippen LogP) is 4.07. The first-order valence-corrected chi connectivity index (χ1v) is 8.43. The van der Waals surface area contributed by atoms with Crippen molar-refractivity contribution in [3.63, 3.8) is 0 Å². The molecule has 3 rings (SSSR count). The standard InChI is InChI=1S/C17H13N3O6S/c1-9-3-4-11(20(23)24)7-13(9)14-6-5-12(26-14)8-15(16(21)22)27-17-19-18-10(2)25-17/h3-8H,1-2H3,(H,21,22)/b15-8+. The lowest BCUT2D eigenvalue weighted by Crippen LogP contribution is -1.96. The summed E-state index contributed by atoms with van der Waals surface area (Å²) in [4.78, 5) is 21.9. The monoisotopic (exact) mass is 387 g/mol. The highest BCUT2D eigenvalue weighted by atomic mass is 32.2. The van der Waals surface area contributed by atoms with E-state index in [1.807, 2.05) is 0 Å². The van der Waals surface area contributed by atoms with Crippen LogP contribution in [0.4, 0.5) is 5.69 Å². The number of aromatic nitrogens is 2. The molecule has 138 valence electrons. The van der Waals surface area contributed by atoms with Crippen molar-refractivity contribution in [2.45, 2.75) is 19.1 Å². The van der Waals surface area contributed by atoms with E-state index in [9.17, 15) is 20.0 Å². The van der Waals surface area contributed by atoms with Crippen molar-refractivity contribution in [3.8, 4) is 11.3 Å². The fraction of sp³-hybridized carbons (Fsp3) is 0.118. The average Bonchev–Trinajstić information content (AvgIpc) is 3.23. The Balaban J connectivity index is 1.92. The second-order valence-corrected chi connectivity index (χ2v) is 6.45. The van der Waals surface area contributed by atoms with Crippen LogP contribution in [0.3, 0.4) is 0 Å². The van der Waals surface area contributed by atoms with E-state index in [2.05, 4.69) is 10.2 Å². The van der Waals surface area contributed by atoms with Crippen molar-refractivity contribution in [2.24, 2.45) is 0 Å². The lowest BCUT2D eigenvalue weighted by Gasteiger charge is -2.02. The van der Waals surface area contributed by atoms with Crippen molar-refractivity contribution in [2.75, 3.05) is 0 Å². The first-order chi connectivity index (χ1) is 12.8. The zero-order chi connectivity index (χ0) is 19.6. The van der Waals surface area contributed by atoms with Crippen LogP contribution in [0.15, 0.2) is 49.3 Å². The summed E-state index contributed by atoms with van der Waals surface area (Å²) in [5.41, 5.74) is 1.29. The van der Waals surface area contributed by atoms with Gasteiger partial charge in [0.1, 0.15) is 16.4 Å². The fourth-order valence-corrected chi connectivity index (χ4v) is 2.94. The summed E-state index contributed by atoms with van der Waals surface area (Å²) in [6.07, 6.45) is 1.32. The first-order valence-electron chi connectivity index (χ1n) is 7.61. The Bertz CT molecular complexity index is 1050. The van der Waals surface area contributed by atoms with E-state index >= 15 is 0 Å². The summed E-state index contributed by atoms with van der Waals surface area (Å²) >= 11 is 0.799. The number of rotatable bonds is 6. The van der Waals surface area contributed by atoms with Gasteiger partial charge >= 0.3 is 5.97 Å². The summed E-state index contributed by atoms with van der Waals surface area (Å²) in [7, 11) is 0. The Labute approximate surface area is 156 Å².